The quantitative estimate of drug-likeness (QED) is 0.864. The molecular weight excluding hydrogens is 366 g/mol. The lowest BCUT2D eigenvalue weighted by Gasteiger charge is -2.23. The first-order chi connectivity index (χ1) is 12.7. The molecule has 1 aromatic heterocycles. The van der Waals surface area contributed by atoms with Crippen LogP contribution in [0, 0.1) is 6.92 Å². The first-order valence-electron chi connectivity index (χ1n) is 8.58. The van der Waals surface area contributed by atoms with Crippen LogP contribution in [0.3, 0.4) is 0 Å². The normalized spacial score (nSPS) is 18.1. The minimum absolute atomic E-state index is 0.0389. The van der Waals surface area contributed by atoms with Crippen molar-refractivity contribution >= 4 is 27.3 Å². The van der Waals surface area contributed by atoms with Crippen molar-refractivity contribution < 1.29 is 18.0 Å². The first kappa shape index (κ1) is 19.0. The van der Waals surface area contributed by atoms with Gasteiger partial charge in [-0.2, -0.15) is 0 Å². The molecule has 2 heterocycles. The Morgan fingerprint density at radius 2 is 1.85 bits per heavy atom. The van der Waals surface area contributed by atoms with Crippen molar-refractivity contribution in [1.29, 1.82) is 0 Å². The van der Waals surface area contributed by atoms with E-state index in [0.29, 0.717) is 12.1 Å². The van der Waals surface area contributed by atoms with Crippen molar-refractivity contribution in [2.45, 2.75) is 19.4 Å². The number of carbonyl (C=O) groups excluding carboxylic acids is 2. The van der Waals surface area contributed by atoms with Gasteiger partial charge in [0.1, 0.15) is 11.4 Å². The molecule has 0 spiro atoms. The minimum atomic E-state index is -3.09. The number of benzene rings is 1. The number of pyridine rings is 1. The molecule has 0 saturated carbocycles. The molecule has 1 fully saturated rings. The van der Waals surface area contributed by atoms with Crippen LogP contribution >= 0.6 is 0 Å². The third-order valence-electron chi connectivity index (χ3n) is 4.55. The van der Waals surface area contributed by atoms with Crippen molar-refractivity contribution in [2.75, 3.05) is 23.9 Å². The predicted octanol–water partition coefficient (Wildman–Crippen LogP) is 1.90. The fourth-order valence-corrected chi connectivity index (χ4v) is 4.80. The van der Waals surface area contributed by atoms with E-state index in [1.165, 1.54) is 17.0 Å². The van der Waals surface area contributed by atoms with Crippen LogP contribution in [-0.2, 0) is 9.84 Å². The van der Waals surface area contributed by atoms with Crippen molar-refractivity contribution in [3.8, 4) is 0 Å². The Labute approximate surface area is 158 Å². The molecule has 1 unspecified atom stereocenters. The molecule has 1 atom stereocenters. The molecule has 1 N–H and O–H groups in total. The summed E-state index contributed by atoms with van der Waals surface area (Å²) in [6, 6.07) is 11.6. The van der Waals surface area contributed by atoms with E-state index in [0.717, 1.165) is 5.56 Å². The summed E-state index contributed by atoms with van der Waals surface area (Å²) in [5, 5.41) is 2.75. The summed E-state index contributed by atoms with van der Waals surface area (Å²) in [4.78, 5) is 30.7. The number of aromatic nitrogens is 1. The van der Waals surface area contributed by atoms with Crippen molar-refractivity contribution in [1.82, 2.24) is 9.88 Å². The molecule has 2 aromatic rings. The Kier molecular flexibility index (Phi) is 5.27. The van der Waals surface area contributed by atoms with Crippen LogP contribution in [0.1, 0.15) is 33.0 Å². The van der Waals surface area contributed by atoms with E-state index in [2.05, 4.69) is 10.3 Å². The molecule has 3 rings (SSSR count). The van der Waals surface area contributed by atoms with Gasteiger partial charge in [0.05, 0.1) is 11.5 Å². The van der Waals surface area contributed by atoms with Gasteiger partial charge in [0.25, 0.3) is 11.8 Å². The Morgan fingerprint density at radius 1 is 1.15 bits per heavy atom. The monoisotopic (exact) mass is 387 g/mol. The Balaban J connectivity index is 1.74. The molecule has 1 saturated heterocycles. The number of amides is 2. The number of nitrogens with zero attached hydrogens (tertiary/aromatic N) is 2. The van der Waals surface area contributed by atoms with E-state index in [1.807, 2.05) is 25.1 Å². The summed E-state index contributed by atoms with van der Waals surface area (Å²) in [5.74, 6) is -0.770. The minimum Gasteiger partial charge on any atom is -0.336 e. The highest BCUT2D eigenvalue weighted by Crippen LogP contribution is 2.18. The second-order valence-corrected chi connectivity index (χ2v) is 8.93. The van der Waals surface area contributed by atoms with Gasteiger partial charge < -0.3 is 10.2 Å². The number of aryl methyl sites for hydroxylation is 1. The van der Waals surface area contributed by atoms with Gasteiger partial charge in [-0.1, -0.05) is 18.2 Å². The summed E-state index contributed by atoms with van der Waals surface area (Å²) in [7, 11) is -1.53. The molecule has 0 aliphatic carbocycles. The van der Waals surface area contributed by atoms with Gasteiger partial charge >= 0.3 is 0 Å². The molecule has 1 aliphatic heterocycles. The van der Waals surface area contributed by atoms with E-state index in [-0.39, 0.29) is 28.9 Å². The smallest absolute Gasteiger partial charge is 0.274 e. The van der Waals surface area contributed by atoms with Crippen LogP contribution in [0.15, 0.2) is 42.5 Å². The summed E-state index contributed by atoms with van der Waals surface area (Å²) in [5.41, 5.74) is 1.89. The maximum Gasteiger partial charge on any atom is 0.274 e. The molecule has 2 amide bonds. The average Bonchev–Trinajstić information content (AvgIpc) is 3.00. The van der Waals surface area contributed by atoms with Gasteiger partial charge in [-0.25, -0.2) is 13.4 Å². The Hall–Kier alpha value is -2.74. The molecule has 8 heteroatoms. The molecule has 1 aromatic carbocycles. The highest BCUT2D eigenvalue weighted by molar-refractivity contribution is 7.91. The fraction of sp³-hybridized carbons (Fsp3) is 0.316. The summed E-state index contributed by atoms with van der Waals surface area (Å²) in [6.45, 7) is 1.92. The molecule has 0 radical (unpaired) electrons. The van der Waals surface area contributed by atoms with E-state index in [1.54, 1.807) is 19.2 Å². The number of sulfone groups is 1. The third kappa shape index (κ3) is 4.51. The van der Waals surface area contributed by atoms with Crippen LogP contribution in [-0.4, -0.2) is 54.7 Å². The average molecular weight is 387 g/mol. The SMILES string of the molecule is Cc1cccc(NC(=O)c2cccc(C(=O)N(C)C3CCS(=O)(=O)C3)n2)c1. The van der Waals surface area contributed by atoms with Crippen LogP contribution < -0.4 is 5.32 Å². The van der Waals surface area contributed by atoms with Crippen molar-refractivity contribution in [3.63, 3.8) is 0 Å². The molecule has 142 valence electrons. The summed E-state index contributed by atoms with van der Waals surface area (Å²) in [6.07, 6.45) is 0.415. The lowest BCUT2D eigenvalue weighted by molar-refractivity contribution is 0.0741. The second kappa shape index (κ2) is 7.48. The standard InChI is InChI=1S/C19H21N3O4S/c1-13-5-3-6-14(11-13)20-18(23)16-7-4-8-17(21-16)19(24)22(2)15-9-10-27(25,26)12-15/h3-8,11,15H,9-10,12H2,1-2H3,(H,20,23). The topological polar surface area (TPSA) is 96.4 Å². The molecular formula is C19H21N3O4S. The van der Waals surface area contributed by atoms with Gasteiger partial charge in [-0.3, -0.25) is 9.59 Å². The molecule has 27 heavy (non-hydrogen) atoms. The predicted molar refractivity (Wildman–Crippen MR) is 103 cm³/mol. The van der Waals surface area contributed by atoms with Crippen LogP contribution in [0.5, 0.6) is 0 Å². The van der Waals surface area contributed by atoms with Crippen LogP contribution in [0.2, 0.25) is 0 Å². The maximum atomic E-state index is 12.7. The summed E-state index contributed by atoms with van der Waals surface area (Å²) < 4.78 is 23.3. The highest BCUT2D eigenvalue weighted by Gasteiger charge is 2.33. The molecule has 7 nitrogen and oxygen atoms in total. The zero-order chi connectivity index (χ0) is 19.6. The first-order valence-corrected chi connectivity index (χ1v) is 10.4. The largest absolute Gasteiger partial charge is 0.336 e. The zero-order valence-electron chi connectivity index (χ0n) is 15.2. The molecule has 1 aliphatic rings. The third-order valence-corrected chi connectivity index (χ3v) is 6.30. The second-order valence-electron chi connectivity index (χ2n) is 6.70. The van der Waals surface area contributed by atoms with E-state index in [4.69, 9.17) is 0 Å². The van der Waals surface area contributed by atoms with E-state index < -0.39 is 21.7 Å². The van der Waals surface area contributed by atoms with Crippen LogP contribution in [0.4, 0.5) is 5.69 Å². The summed E-state index contributed by atoms with van der Waals surface area (Å²) >= 11 is 0. The lowest BCUT2D eigenvalue weighted by Crippen LogP contribution is -2.38. The molecule has 0 bridgehead atoms. The van der Waals surface area contributed by atoms with E-state index >= 15 is 0 Å². The van der Waals surface area contributed by atoms with Crippen molar-refractivity contribution in [2.24, 2.45) is 0 Å². The van der Waals surface area contributed by atoms with Gasteiger partial charge in [0.2, 0.25) is 0 Å². The Bertz CT molecular complexity index is 988. The number of carbonyl (C=O) groups is 2. The van der Waals surface area contributed by atoms with Crippen molar-refractivity contribution in [3.05, 3.63) is 59.4 Å². The number of hydrogen-bond donors (Lipinski definition) is 1. The Morgan fingerprint density at radius 3 is 2.52 bits per heavy atom. The zero-order valence-corrected chi connectivity index (χ0v) is 16.0. The number of rotatable bonds is 4. The number of nitrogens with one attached hydrogen (secondary N) is 1. The van der Waals surface area contributed by atoms with Gasteiger partial charge in [-0.15, -0.1) is 0 Å². The van der Waals surface area contributed by atoms with Gasteiger partial charge in [0, 0.05) is 18.8 Å². The lowest BCUT2D eigenvalue weighted by atomic mass is 10.2. The maximum absolute atomic E-state index is 12.7. The fourth-order valence-electron chi connectivity index (χ4n) is 3.03. The van der Waals surface area contributed by atoms with Crippen LogP contribution in [0.25, 0.3) is 0 Å². The van der Waals surface area contributed by atoms with Gasteiger partial charge in [-0.05, 0) is 43.2 Å². The van der Waals surface area contributed by atoms with E-state index in [9.17, 15) is 18.0 Å². The van der Waals surface area contributed by atoms with Gasteiger partial charge in [0.15, 0.2) is 9.84 Å². The number of hydrogen-bond acceptors (Lipinski definition) is 5. The number of anilines is 1. The highest BCUT2D eigenvalue weighted by atomic mass is 32.2.